The summed E-state index contributed by atoms with van der Waals surface area (Å²) in [5, 5.41) is 0. The summed E-state index contributed by atoms with van der Waals surface area (Å²) in [4.78, 5) is 11.7. The molecule has 0 aliphatic carbocycles. The maximum atomic E-state index is 12.0. The number of halogens is 3. The zero-order valence-corrected chi connectivity index (χ0v) is 7.23. The van der Waals surface area contributed by atoms with E-state index in [-0.39, 0.29) is 13.1 Å². The molecule has 0 radical (unpaired) electrons. The Morgan fingerprint density at radius 3 is 1.85 bits per heavy atom. The van der Waals surface area contributed by atoms with Gasteiger partial charge in [0.2, 0.25) is 0 Å². The SMILES string of the molecule is O=C(N1CCCCCC1)C(F)(F)F. The van der Waals surface area contributed by atoms with Gasteiger partial charge in [0.05, 0.1) is 0 Å². The van der Waals surface area contributed by atoms with Gasteiger partial charge in [-0.1, -0.05) is 12.8 Å². The summed E-state index contributed by atoms with van der Waals surface area (Å²) in [6, 6.07) is 0. The second-order valence-corrected chi connectivity index (χ2v) is 3.20. The predicted molar refractivity (Wildman–Crippen MR) is 41.1 cm³/mol. The first-order valence-corrected chi connectivity index (χ1v) is 4.38. The maximum absolute atomic E-state index is 12.0. The molecule has 0 bridgehead atoms. The average molecular weight is 195 g/mol. The zero-order valence-electron chi connectivity index (χ0n) is 7.23. The number of likely N-dealkylation sites (tertiary alicyclic amines) is 1. The van der Waals surface area contributed by atoms with Crippen molar-refractivity contribution in [2.24, 2.45) is 0 Å². The Kier molecular flexibility index (Phi) is 3.17. The van der Waals surface area contributed by atoms with Gasteiger partial charge in [-0.05, 0) is 12.8 Å². The number of hydrogen-bond acceptors (Lipinski definition) is 1. The summed E-state index contributed by atoms with van der Waals surface area (Å²) < 4.78 is 35.9. The molecule has 1 saturated heterocycles. The molecule has 1 fully saturated rings. The Morgan fingerprint density at radius 1 is 1.00 bits per heavy atom. The molecule has 1 rings (SSSR count). The van der Waals surface area contributed by atoms with Crippen LogP contribution in [0.3, 0.4) is 0 Å². The molecule has 0 aromatic rings. The zero-order chi connectivity index (χ0) is 9.90. The largest absolute Gasteiger partial charge is 0.471 e. The van der Waals surface area contributed by atoms with Gasteiger partial charge in [-0.2, -0.15) is 13.2 Å². The van der Waals surface area contributed by atoms with E-state index in [1.54, 1.807) is 0 Å². The van der Waals surface area contributed by atoms with Gasteiger partial charge < -0.3 is 4.90 Å². The number of alkyl halides is 3. The van der Waals surface area contributed by atoms with Gasteiger partial charge in [0, 0.05) is 13.1 Å². The predicted octanol–water partition coefficient (Wildman–Crippen LogP) is 1.95. The third-order valence-corrected chi connectivity index (χ3v) is 2.14. The summed E-state index contributed by atoms with van der Waals surface area (Å²) in [5.74, 6) is -1.69. The van der Waals surface area contributed by atoms with Crippen molar-refractivity contribution in [3.8, 4) is 0 Å². The highest BCUT2D eigenvalue weighted by atomic mass is 19.4. The molecule has 2 nitrogen and oxygen atoms in total. The van der Waals surface area contributed by atoms with Crippen LogP contribution in [0.1, 0.15) is 25.7 Å². The lowest BCUT2D eigenvalue weighted by molar-refractivity contribution is -0.185. The molecule has 13 heavy (non-hydrogen) atoms. The summed E-state index contributed by atoms with van der Waals surface area (Å²) >= 11 is 0. The van der Waals surface area contributed by atoms with Gasteiger partial charge in [0.15, 0.2) is 0 Å². The third-order valence-electron chi connectivity index (χ3n) is 2.14. The van der Waals surface area contributed by atoms with E-state index in [4.69, 9.17) is 0 Å². The van der Waals surface area contributed by atoms with Crippen molar-refractivity contribution in [1.29, 1.82) is 0 Å². The molecular formula is C8H12F3NO. The van der Waals surface area contributed by atoms with Crippen molar-refractivity contribution in [2.75, 3.05) is 13.1 Å². The van der Waals surface area contributed by atoms with Crippen LogP contribution in [0.4, 0.5) is 13.2 Å². The molecule has 0 N–H and O–H groups in total. The Bertz CT molecular complexity index is 182. The lowest BCUT2D eigenvalue weighted by Gasteiger charge is -2.21. The number of nitrogens with zero attached hydrogens (tertiary/aromatic N) is 1. The second kappa shape index (κ2) is 3.98. The maximum Gasteiger partial charge on any atom is 0.471 e. The fourth-order valence-corrected chi connectivity index (χ4v) is 1.45. The molecule has 1 aliphatic heterocycles. The topological polar surface area (TPSA) is 20.3 Å². The van der Waals surface area contributed by atoms with E-state index in [2.05, 4.69) is 0 Å². The minimum absolute atomic E-state index is 0.248. The first-order chi connectivity index (χ1) is 6.02. The first-order valence-electron chi connectivity index (χ1n) is 4.38. The average Bonchev–Trinajstić information content (AvgIpc) is 2.28. The standard InChI is InChI=1S/C8H12F3NO/c9-8(10,11)7(13)12-5-3-1-2-4-6-12/h1-6H2. The molecule has 5 heteroatoms. The van der Waals surface area contributed by atoms with Crippen molar-refractivity contribution in [3.63, 3.8) is 0 Å². The molecule has 1 aliphatic rings. The molecule has 0 unspecified atom stereocenters. The normalized spacial score (nSPS) is 19.8. The van der Waals surface area contributed by atoms with Crippen LogP contribution < -0.4 is 0 Å². The van der Waals surface area contributed by atoms with E-state index >= 15 is 0 Å². The number of carbonyl (C=O) groups excluding carboxylic acids is 1. The monoisotopic (exact) mass is 195 g/mol. The number of carbonyl (C=O) groups is 1. The lowest BCUT2D eigenvalue weighted by atomic mass is 10.2. The molecule has 0 atom stereocenters. The minimum Gasteiger partial charge on any atom is -0.335 e. The van der Waals surface area contributed by atoms with E-state index in [0.29, 0.717) is 12.8 Å². The molecule has 0 aromatic heterocycles. The Labute approximate surface area is 74.7 Å². The Hall–Kier alpha value is -0.740. The van der Waals surface area contributed by atoms with Gasteiger partial charge >= 0.3 is 12.1 Å². The van der Waals surface area contributed by atoms with Gasteiger partial charge in [-0.3, -0.25) is 4.79 Å². The van der Waals surface area contributed by atoms with Crippen LogP contribution in [-0.4, -0.2) is 30.1 Å². The minimum atomic E-state index is -4.70. The quantitative estimate of drug-likeness (QED) is 0.578. The van der Waals surface area contributed by atoms with Crippen LogP contribution in [0.25, 0.3) is 0 Å². The van der Waals surface area contributed by atoms with Crippen molar-refractivity contribution >= 4 is 5.91 Å². The van der Waals surface area contributed by atoms with Crippen LogP contribution in [0.2, 0.25) is 0 Å². The van der Waals surface area contributed by atoms with Crippen molar-refractivity contribution < 1.29 is 18.0 Å². The highest BCUT2D eigenvalue weighted by molar-refractivity contribution is 5.81. The first kappa shape index (κ1) is 10.3. The van der Waals surface area contributed by atoms with E-state index in [9.17, 15) is 18.0 Å². The molecular weight excluding hydrogens is 183 g/mol. The molecule has 0 saturated carbocycles. The smallest absolute Gasteiger partial charge is 0.335 e. The van der Waals surface area contributed by atoms with E-state index in [0.717, 1.165) is 17.7 Å². The second-order valence-electron chi connectivity index (χ2n) is 3.20. The van der Waals surface area contributed by atoms with Crippen molar-refractivity contribution in [3.05, 3.63) is 0 Å². The summed E-state index contributed by atoms with van der Waals surface area (Å²) in [6.45, 7) is 0.497. The van der Waals surface area contributed by atoms with Crippen molar-refractivity contribution in [2.45, 2.75) is 31.9 Å². The number of rotatable bonds is 0. The van der Waals surface area contributed by atoms with E-state index in [1.165, 1.54) is 0 Å². The molecule has 76 valence electrons. The highest BCUT2D eigenvalue weighted by Crippen LogP contribution is 2.20. The summed E-state index contributed by atoms with van der Waals surface area (Å²) in [6.07, 6.45) is -1.50. The van der Waals surface area contributed by atoms with Crippen LogP contribution in [-0.2, 0) is 4.79 Å². The fraction of sp³-hybridized carbons (Fsp3) is 0.875. The molecule has 0 spiro atoms. The Balaban J connectivity index is 2.54. The van der Waals surface area contributed by atoms with Crippen LogP contribution in [0, 0.1) is 0 Å². The fourth-order valence-electron chi connectivity index (χ4n) is 1.45. The van der Waals surface area contributed by atoms with Crippen LogP contribution >= 0.6 is 0 Å². The van der Waals surface area contributed by atoms with Gasteiger partial charge in [0.25, 0.3) is 0 Å². The molecule has 0 aromatic carbocycles. The third kappa shape index (κ3) is 2.90. The van der Waals surface area contributed by atoms with Gasteiger partial charge in [-0.25, -0.2) is 0 Å². The van der Waals surface area contributed by atoms with Crippen molar-refractivity contribution in [1.82, 2.24) is 4.90 Å². The summed E-state index contributed by atoms with van der Waals surface area (Å²) in [7, 11) is 0. The highest BCUT2D eigenvalue weighted by Gasteiger charge is 2.42. The summed E-state index contributed by atoms with van der Waals surface area (Å²) in [5.41, 5.74) is 0. The number of amides is 1. The van der Waals surface area contributed by atoms with Crippen LogP contribution in [0.15, 0.2) is 0 Å². The van der Waals surface area contributed by atoms with E-state index < -0.39 is 12.1 Å². The Morgan fingerprint density at radius 2 is 1.46 bits per heavy atom. The lowest BCUT2D eigenvalue weighted by Crippen LogP contribution is -2.41. The van der Waals surface area contributed by atoms with Gasteiger partial charge in [0.1, 0.15) is 0 Å². The molecule has 1 heterocycles. The van der Waals surface area contributed by atoms with Crippen LogP contribution in [0.5, 0.6) is 0 Å². The number of hydrogen-bond donors (Lipinski definition) is 0. The van der Waals surface area contributed by atoms with Gasteiger partial charge in [-0.15, -0.1) is 0 Å². The molecule has 1 amide bonds. The van der Waals surface area contributed by atoms with E-state index in [1.807, 2.05) is 0 Å².